The second-order valence-corrected chi connectivity index (χ2v) is 4.18. The van der Waals surface area contributed by atoms with Gasteiger partial charge in [-0.3, -0.25) is 0 Å². The van der Waals surface area contributed by atoms with Crippen LogP contribution in [0.1, 0.15) is 32.0 Å². The van der Waals surface area contributed by atoms with E-state index in [2.05, 4.69) is 22.3 Å². The van der Waals surface area contributed by atoms with E-state index in [4.69, 9.17) is 4.74 Å². The summed E-state index contributed by atoms with van der Waals surface area (Å²) in [4.78, 5) is 4.23. The second kappa shape index (κ2) is 5.96. The molecule has 0 bridgehead atoms. The first kappa shape index (κ1) is 11.5. The third-order valence-corrected chi connectivity index (χ3v) is 2.83. The molecule has 1 saturated heterocycles. The van der Waals surface area contributed by atoms with Gasteiger partial charge in [0.15, 0.2) is 5.82 Å². The molecule has 0 amide bonds. The molecule has 1 aliphatic heterocycles. The Hall–Kier alpha value is -0.940. The van der Waals surface area contributed by atoms with Crippen LogP contribution in [-0.2, 0) is 17.9 Å². The lowest BCUT2D eigenvalue weighted by Gasteiger charge is -2.22. The number of aryl methyl sites for hydroxylation is 1. The van der Waals surface area contributed by atoms with E-state index in [1.54, 1.807) is 6.33 Å². The van der Waals surface area contributed by atoms with Crippen LogP contribution < -0.4 is 5.32 Å². The van der Waals surface area contributed by atoms with Gasteiger partial charge in [0.1, 0.15) is 12.9 Å². The lowest BCUT2D eigenvalue weighted by molar-refractivity contribution is 0.0200. The molecule has 16 heavy (non-hydrogen) atoms. The number of nitrogens with zero attached hydrogens (tertiary/aromatic N) is 3. The molecule has 5 nitrogen and oxygen atoms in total. The molecule has 0 aliphatic carbocycles. The minimum Gasteiger partial charge on any atom is -0.369 e. The van der Waals surface area contributed by atoms with E-state index in [1.165, 1.54) is 6.42 Å². The number of hydrogen-bond acceptors (Lipinski definition) is 4. The van der Waals surface area contributed by atoms with Crippen molar-refractivity contribution in [3.05, 3.63) is 12.2 Å². The van der Waals surface area contributed by atoms with Crippen molar-refractivity contribution in [3.63, 3.8) is 0 Å². The highest BCUT2D eigenvalue weighted by molar-refractivity contribution is 4.82. The topological polar surface area (TPSA) is 52.0 Å². The van der Waals surface area contributed by atoms with Crippen LogP contribution in [0.3, 0.4) is 0 Å². The Balaban J connectivity index is 1.81. The quantitative estimate of drug-likeness (QED) is 0.809. The lowest BCUT2D eigenvalue weighted by Crippen LogP contribution is -2.35. The summed E-state index contributed by atoms with van der Waals surface area (Å²) in [6.45, 7) is 5.71. The maximum Gasteiger partial charge on any atom is 0.152 e. The summed E-state index contributed by atoms with van der Waals surface area (Å²) in [6.07, 6.45) is 5.36. The first-order valence-electron chi connectivity index (χ1n) is 6.09. The molecule has 0 radical (unpaired) electrons. The molecule has 2 heterocycles. The van der Waals surface area contributed by atoms with Crippen LogP contribution in [0.2, 0.25) is 0 Å². The van der Waals surface area contributed by atoms with Crippen molar-refractivity contribution < 1.29 is 4.74 Å². The average molecular weight is 224 g/mol. The highest BCUT2D eigenvalue weighted by Gasteiger charge is 2.14. The Morgan fingerprint density at radius 1 is 1.62 bits per heavy atom. The van der Waals surface area contributed by atoms with Crippen molar-refractivity contribution in [1.29, 1.82) is 0 Å². The van der Waals surface area contributed by atoms with Gasteiger partial charge in [0, 0.05) is 13.1 Å². The third-order valence-electron chi connectivity index (χ3n) is 2.83. The van der Waals surface area contributed by atoms with Gasteiger partial charge in [-0.2, -0.15) is 5.10 Å². The Bertz CT molecular complexity index is 307. The zero-order chi connectivity index (χ0) is 11.2. The van der Waals surface area contributed by atoms with E-state index < -0.39 is 0 Å². The second-order valence-electron chi connectivity index (χ2n) is 4.18. The van der Waals surface area contributed by atoms with Gasteiger partial charge < -0.3 is 10.1 Å². The van der Waals surface area contributed by atoms with Crippen LogP contribution in [-0.4, -0.2) is 34.0 Å². The number of aromatic nitrogens is 3. The first-order valence-corrected chi connectivity index (χ1v) is 6.09. The number of piperidine rings is 1. The van der Waals surface area contributed by atoms with Crippen LogP contribution in [0.5, 0.6) is 0 Å². The summed E-state index contributed by atoms with van der Waals surface area (Å²) in [5.74, 6) is 0.937. The molecular formula is C11H20N4O. The fourth-order valence-corrected chi connectivity index (χ4v) is 1.95. The van der Waals surface area contributed by atoms with E-state index in [9.17, 15) is 0 Å². The standard InChI is InChI=1S/C11H20N4O/c1-2-6-15-11(13-9-14-15)8-16-10-4-3-5-12-7-10/h9-10,12H,2-8H2,1H3. The minimum atomic E-state index is 0.334. The van der Waals surface area contributed by atoms with Crippen molar-refractivity contribution in [2.45, 2.75) is 45.4 Å². The number of ether oxygens (including phenoxy) is 1. The molecule has 1 aromatic rings. The van der Waals surface area contributed by atoms with Crippen LogP contribution in [0.4, 0.5) is 0 Å². The van der Waals surface area contributed by atoms with Crippen molar-refractivity contribution in [2.24, 2.45) is 0 Å². The number of hydrogen-bond donors (Lipinski definition) is 1. The predicted octanol–water partition coefficient (Wildman–Crippen LogP) is 0.957. The molecule has 1 N–H and O–H groups in total. The maximum atomic E-state index is 5.83. The zero-order valence-corrected chi connectivity index (χ0v) is 9.85. The molecule has 1 aliphatic rings. The highest BCUT2D eigenvalue weighted by Crippen LogP contribution is 2.08. The minimum absolute atomic E-state index is 0.334. The highest BCUT2D eigenvalue weighted by atomic mass is 16.5. The molecule has 2 rings (SSSR count). The molecule has 0 saturated carbocycles. The average Bonchev–Trinajstić information content (AvgIpc) is 2.76. The lowest BCUT2D eigenvalue weighted by atomic mass is 10.1. The third kappa shape index (κ3) is 3.02. The zero-order valence-electron chi connectivity index (χ0n) is 9.85. The van der Waals surface area contributed by atoms with Crippen molar-refractivity contribution in [1.82, 2.24) is 20.1 Å². The summed E-state index contributed by atoms with van der Waals surface area (Å²) in [7, 11) is 0. The predicted molar refractivity (Wildman–Crippen MR) is 61.0 cm³/mol. The van der Waals surface area contributed by atoms with Crippen LogP contribution in [0, 0.1) is 0 Å². The van der Waals surface area contributed by atoms with Gasteiger partial charge in [-0.05, 0) is 25.8 Å². The number of nitrogens with one attached hydrogen (secondary N) is 1. The van der Waals surface area contributed by atoms with Gasteiger partial charge in [-0.1, -0.05) is 6.92 Å². The maximum absolute atomic E-state index is 5.83. The van der Waals surface area contributed by atoms with Crippen LogP contribution >= 0.6 is 0 Å². The van der Waals surface area contributed by atoms with Gasteiger partial charge in [-0.15, -0.1) is 0 Å². The summed E-state index contributed by atoms with van der Waals surface area (Å²) >= 11 is 0. The molecule has 1 atom stereocenters. The molecule has 1 unspecified atom stereocenters. The monoisotopic (exact) mass is 224 g/mol. The van der Waals surface area contributed by atoms with Crippen LogP contribution in [0.15, 0.2) is 6.33 Å². The molecule has 5 heteroatoms. The van der Waals surface area contributed by atoms with E-state index in [-0.39, 0.29) is 0 Å². The Labute approximate surface area is 96.2 Å². The van der Waals surface area contributed by atoms with Crippen molar-refractivity contribution >= 4 is 0 Å². The van der Waals surface area contributed by atoms with E-state index in [0.29, 0.717) is 12.7 Å². The normalized spacial score (nSPS) is 21.2. The SMILES string of the molecule is CCCn1ncnc1COC1CCCNC1. The van der Waals surface area contributed by atoms with E-state index in [0.717, 1.165) is 38.3 Å². The fraction of sp³-hybridized carbons (Fsp3) is 0.818. The molecule has 1 aromatic heterocycles. The van der Waals surface area contributed by atoms with E-state index >= 15 is 0 Å². The van der Waals surface area contributed by atoms with Gasteiger partial charge in [0.05, 0.1) is 6.10 Å². The smallest absolute Gasteiger partial charge is 0.152 e. The molecule has 0 aromatic carbocycles. The van der Waals surface area contributed by atoms with Gasteiger partial charge in [0.2, 0.25) is 0 Å². The van der Waals surface area contributed by atoms with Gasteiger partial charge >= 0.3 is 0 Å². The Morgan fingerprint density at radius 3 is 3.31 bits per heavy atom. The molecule has 1 fully saturated rings. The fourth-order valence-electron chi connectivity index (χ4n) is 1.95. The molecule has 90 valence electrons. The van der Waals surface area contributed by atoms with Gasteiger partial charge in [-0.25, -0.2) is 9.67 Å². The van der Waals surface area contributed by atoms with Gasteiger partial charge in [0.25, 0.3) is 0 Å². The first-order chi connectivity index (χ1) is 7.90. The van der Waals surface area contributed by atoms with Crippen LogP contribution in [0.25, 0.3) is 0 Å². The Morgan fingerprint density at radius 2 is 2.56 bits per heavy atom. The van der Waals surface area contributed by atoms with Crippen molar-refractivity contribution in [2.75, 3.05) is 13.1 Å². The summed E-state index contributed by atoms with van der Waals surface area (Å²) in [5, 5.41) is 7.52. The molecular weight excluding hydrogens is 204 g/mol. The summed E-state index contributed by atoms with van der Waals surface area (Å²) < 4.78 is 7.76. The largest absolute Gasteiger partial charge is 0.369 e. The molecule has 0 spiro atoms. The Kier molecular flexibility index (Phi) is 4.30. The number of rotatable bonds is 5. The van der Waals surface area contributed by atoms with Crippen molar-refractivity contribution in [3.8, 4) is 0 Å². The summed E-state index contributed by atoms with van der Waals surface area (Å²) in [6, 6.07) is 0. The van der Waals surface area contributed by atoms with E-state index in [1.807, 2.05) is 4.68 Å². The summed E-state index contributed by atoms with van der Waals surface area (Å²) in [5.41, 5.74) is 0.